The summed E-state index contributed by atoms with van der Waals surface area (Å²) in [6.07, 6.45) is 10.0. The third-order valence-corrected chi connectivity index (χ3v) is 9.56. The first-order chi connectivity index (χ1) is 29.6. The predicted molar refractivity (Wildman–Crippen MR) is 239 cm³/mol. The number of hydrogen-bond acceptors (Lipinski definition) is 10. The molecule has 314 valence electrons. The van der Waals surface area contributed by atoms with Gasteiger partial charge in [0, 0.05) is 59.9 Å². The Bertz CT molecular complexity index is 2410. The molecule has 0 radical (unpaired) electrons. The van der Waals surface area contributed by atoms with Crippen molar-refractivity contribution in [1.82, 2.24) is 9.97 Å². The van der Waals surface area contributed by atoms with Gasteiger partial charge in [0.1, 0.15) is 0 Å². The highest BCUT2D eigenvalue weighted by Crippen LogP contribution is 2.30. The fraction of sp³-hybridized carbons (Fsp3) is 0.224. The number of ether oxygens (including phenoxy) is 2. The van der Waals surface area contributed by atoms with Crippen molar-refractivity contribution in [2.75, 3.05) is 23.8 Å². The van der Waals surface area contributed by atoms with Gasteiger partial charge in [-0.1, -0.05) is 63.1 Å². The fourth-order valence-electron chi connectivity index (χ4n) is 6.20. The quantitative estimate of drug-likeness (QED) is 0.0541. The monoisotopic (exact) mass is 820 g/mol. The number of unbranched alkanes of at least 4 members (excludes halogenated alkanes) is 2. The molecule has 1 unspecified atom stereocenters. The Morgan fingerprint density at radius 2 is 1.05 bits per heavy atom. The summed E-state index contributed by atoms with van der Waals surface area (Å²) >= 11 is 0. The molecule has 61 heavy (non-hydrogen) atoms. The molecule has 4 aromatic carbocycles. The second-order valence-electron chi connectivity index (χ2n) is 14.2. The van der Waals surface area contributed by atoms with Crippen molar-refractivity contribution in [3.05, 3.63) is 167 Å². The highest BCUT2D eigenvalue weighted by Gasteiger charge is 2.17. The topological polar surface area (TPSA) is 189 Å². The van der Waals surface area contributed by atoms with Gasteiger partial charge in [-0.15, -0.1) is 0 Å². The molecular weight excluding hydrogens is 769 g/mol. The van der Waals surface area contributed by atoms with Crippen LogP contribution in [0.3, 0.4) is 0 Å². The third kappa shape index (κ3) is 13.0. The Hall–Kier alpha value is -7.02. The van der Waals surface area contributed by atoms with E-state index in [0.717, 1.165) is 59.1 Å². The molecule has 2 amide bonds. The number of amides is 2. The molecule has 0 aliphatic heterocycles. The van der Waals surface area contributed by atoms with Gasteiger partial charge < -0.3 is 31.6 Å². The van der Waals surface area contributed by atoms with E-state index in [1.54, 1.807) is 110 Å². The predicted octanol–water partition coefficient (Wildman–Crippen LogP) is 9.39. The lowest BCUT2D eigenvalue weighted by Gasteiger charge is -2.16. The molecular formula is C49H52N6O6. The molecule has 1 atom stereocenters. The van der Waals surface area contributed by atoms with Crippen LogP contribution in [0.2, 0.25) is 0 Å². The first-order valence-corrected chi connectivity index (χ1v) is 20.3. The first kappa shape index (κ1) is 45.1. The Morgan fingerprint density at radius 1 is 0.590 bits per heavy atom. The minimum atomic E-state index is -0.357. The molecule has 6 N–H and O–H groups in total. The van der Waals surface area contributed by atoms with Crippen molar-refractivity contribution in [2.45, 2.75) is 59.0 Å². The van der Waals surface area contributed by atoms with Crippen LogP contribution in [0.5, 0.6) is 0 Å². The van der Waals surface area contributed by atoms with E-state index in [0.29, 0.717) is 53.4 Å². The summed E-state index contributed by atoms with van der Waals surface area (Å²) in [6.45, 7) is 7.08. The van der Waals surface area contributed by atoms with E-state index in [1.807, 2.05) is 45.0 Å². The molecule has 0 spiro atoms. The molecule has 0 aliphatic carbocycles. The molecule has 2 aromatic heterocycles. The average Bonchev–Trinajstić information content (AvgIpc) is 3.29. The number of aromatic nitrogens is 2. The number of nitrogens with two attached hydrogens (primary N) is 2. The molecule has 0 saturated carbocycles. The number of pyridine rings is 2. The SMILES string of the molecule is CCCCOC(=O)c1cccc(-c2cc(C(=O)Nc3ccncc3)ccc2C(C)N)c1.CCCCOC(=O)c1cccc(-c2cc(C(=O)Nc3ccncc3)ccc2CN)c1. The van der Waals surface area contributed by atoms with Crippen LogP contribution in [0.1, 0.15) is 105 Å². The van der Waals surface area contributed by atoms with E-state index in [1.165, 1.54) is 0 Å². The van der Waals surface area contributed by atoms with Crippen LogP contribution in [0.4, 0.5) is 11.4 Å². The first-order valence-electron chi connectivity index (χ1n) is 20.3. The Balaban J connectivity index is 0.000000231. The summed E-state index contributed by atoms with van der Waals surface area (Å²) < 4.78 is 10.6. The van der Waals surface area contributed by atoms with Crippen molar-refractivity contribution < 1.29 is 28.7 Å². The van der Waals surface area contributed by atoms with E-state index < -0.39 is 0 Å². The van der Waals surface area contributed by atoms with Gasteiger partial charge in [-0.25, -0.2) is 9.59 Å². The molecule has 0 fully saturated rings. The van der Waals surface area contributed by atoms with Crippen LogP contribution in [0.25, 0.3) is 22.3 Å². The highest BCUT2D eigenvalue weighted by molar-refractivity contribution is 6.06. The van der Waals surface area contributed by atoms with Gasteiger partial charge in [0.25, 0.3) is 11.8 Å². The minimum Gasteiger partial charge on any atom is -0.462 e. The second kappa shape index (κ2) is 22.9. The standard InChI is InChI=1S/C25H27N3O3.C24H25N3O3/c1-3-4-14-31-25(30)20-7-5-6-18(15-20)23-16-19(8-9-22(23)17(2)26)24(29)28-21-10-12-27-13-11-21;1-2-3-13-30-24(29)19-6-4-5-17(14-19)22-15-18(7-8-20(22)16-25)23(28)27-21-9-11-26-12-10-21/h5-13,15-17H,3-4,14,26H2,1-2H3,(H,27,28,29);4-12,14-15H,2-3,13,16,25H2,1H3,(H,26,27,28). The second-order valence-corrected chi connectivity index (χ2v) is 14.2. The number of nitrogens with one attached hydrogen (secondary N) is 2. The van der Waals surface area contributed by atoms with Crippen LogP contribution < -0.4 is 22.1 Å². The number of nitrogens with zero attached hydrogens (tertiary/aromatic N) is 2. The molecule has 12 nitrogen and oxygen atoms in total. The number of hydrogen-bond donors (Lipinski definition) is 4. The summed E-state index contributed by atoms with van der Waals surface area (Å²) in [5, 5.41) is 5.71. The molecule has 0 aliphatic rings. The van der Waals surface area contributed by atoms with Crippen LogP contribution in [-0.4, -0.2) is 46.9 Å². The lowest BCUT2D eigenvalue weighted by molar-refractivity contribution is 0.0490. The largest absolute Gasteiger partial charge is 0.462 e. The Kier molecular flexibility index (Phi) is 17.0. The molecule has 12 heteroatoms. The van der Waals surface area contributed by atoms with Crippen molar-refractivity contribution in [3.8, 4) is 22.3 Å². The molecule has 6 aromatic rings. The number of carbonyl (C=O) groups is 4. The zero-order chi connectivity index (χ0) is 43.6. The van der Waals surface area contributed by atoms with Gasteiger partial charge in [-0.2, -0.15) is 0 Å². The van der Waals surface area contributed by atoms with Crippen LogP contribution >= 0.6 is 0 Å². The van der Waals surface area contributed by atoms with E-state index in [2.05, 4.69) is 20.6 Å². The smallest absolute Gasteiger partial charge is 0.338 e. The molecule has 0 saturated heterocycles. The van der Waals surface area contributed by atoms with Gasteiger partial charge in [0.2, 0.25) is 0 Å². The zero-order valence-electron chi connectivity index (χ0n) is 34.7. The van der Waals surface area contributed by atoms with Crippen molar-refractivity contribution in [2.24, 2.45) is 11.5 Å². The van der Waals surface area contributed by atoms with Crippen LogP contribution in [0, 0.1) is 0 Å². The molecule has 0 bridgehead atoms. The summed E-state index contributed by atoms with van der Waals surface area (Å²) in [5.41, 5.74) is 20.3. The third-order valence-electron chi connectivity index (χ3n) is 9.56. The molecule has 2 heterocycles. The maximum Gasteiger partial charge on any atom is 0.338 e. The van der Waals surface area contributed by atoms with Gasteiger partial charge in [-0.3, -0.25) is 19.6 Å². The van der Waals surface area contributed by atoms with Crippen molar-refractivity contribution in [3.63, 3.8) is 0 Å². The number of esters is 2. The number of benzene rings is 4. The lowest BCUT2D eigenvalue weighted by atomic mass is 9.92. The number of rotatable bonds is 16. The normalized spacial score (nSPS) is 11.0. The average molecular weight is 821 g/mol. The number of carbonyl (C=O) groups excluding carboxylic acids is 4. The van der Waals surface area contributed by atoms with Gasteiger partial charge >= 0.3 is 11.9 Å². The Labute approximate surface area is 356 Å². The summed E-state index contributed by atoms with van der Waals surface area (Å²) in [7, 11) is 0. The van der Waals surface area contributed by atoms with Crippen molar-refractivity contribution in [1.29, 1.82) is 0 Å². The van der Waals surface area contributed by atoms with Gasteiger partial charge in [0.15, 0.2) is 0 Å². The number of anilines is 2. The molecule has 6 rings (SSSR count). The fourth-order valence-corrected chi connectivity index (χ4v) is 6.20. The van der Waals surface area contributed by atoms with E-state index in [-0.39, 0.29) is 29.8 Å². The zero-order valence-corrected chi connectivity index (χ0v) is 34.7. The summed E-state index contributed by atoms with van der Waals surface area (Å²) in [4.78, 5) is 58.0. The maximum atomic E-state index is 12.8. The van der Waals surface area contributed by atoms with E-state index >= 15 is 0 Å². The minimum absolute atomic E-state index is 0.235. The van der Waals surface area contributed by atoms with Crippen LogP contribution in [-0.2, 0) is 16.0 Å². The van der Waals surface area contributed by atoms with Crippen LogP contribution in [0.15, 0.2) is 134 Å². The highest BCUT2D eigenvalue weighted by atomic mass is 16.5. The summed E-state index contributed by atoms with van der Waals surface area (Å²) in [6, 6.07) is 31.8. The van der Waals surface area contributed by atoms with Crippen molar-refractivity contribution >= 4 is 35.1 Å². The van der Waals surface area contributed by atoms with E-state index in [4.69, 9.17) is 20.9 Å². The van der Waals surface area contributed by atoms with E-state index in [9.17, 15) is 19.2 Å². The van der Waals surface area contributed by atoms with Gasteiger partial charge in [0.05, 0.1) is 24.3 Å². The maximum absolute atomic E-state index is 12.8. The lowest BCUT2D eigenvalue weighted by Crippen LogP contribution is -2.14. The summed E-state index contributed by atoms with van der Waals surface area (Å²) in [5.74, 6) is -1.18. The van der Waals surface area contributed by atoms with Gasteiger partial charge in [-0.05, 0) is 126 Å². The Morgan fingerprint density at radius 3 is 1.51 bits per heavy atom.